The van der Waals surface area contributed by atoms with Crippen molar-refractivity contribution in [1.82, 2.24) is 9.80 Å². The number of phenolic OH excluding ortho intramolecular Hbond substituents is 1. The lowest BCUT2D eigenvalue weighted by molar-refractivity contribution is -0.139. The van der Waals surface area contributed by atoms with Gasteiger partial charge in [-0.1, -0.05) is 11.6 Å². The minimum absolute atomic E-state index is 0.00902. The number of nitrogens with zero attached hydrogens (tertiary/aromatic N) is 2. The van der Waals surface area contributed by atoms with E-state index in [4.69, 9.17) is 11.6 Å². The summed E-state index contributed by atoms with van der Waals surface area (Å²) in [6.07, 6.45) is 5.87. The second kappa shape index (κ2) is 6.76. The predicted molar refractivity (Wildman–Crippen MR) is 99.2 cm³/mol. The van der Waals surface area contributed by atoms with Crippen LogP contribution in [0.3, 0.4) is 0 Å². The number of amides is 2. The zero-order chi connectivity index (χ0) is 18.3. The van der Waals surface area contributed by atoms with Gasteiger partial charge in [-0.25, -0.2) is 0 Å². The third-order valence-corrected chi connectivity index (χ3v) is 6.30. The number of halogens is 1. The third-order valence-electron chi connectivity index (χ3n) is 6.06. The Morgan fingerprint density at radius 3 is 2.85 bits per heavy atom. The predicted octanol–water partition coefficient (Wildman–Crippen LogP) is 3.30. The van der Waals surface area contributed by atoms with E-state index in [0.29, 0.717) is 30.5 Å². The van der Waals surface area contributed by atoms with E-state index in [1.165, 1.54) is 25.0 Å². The Balaban J connectivity index is 1.50. The fourth-order valence-corrected chi connectivity index (χ4v) is 4.62. The van der Waals surface area contributed by atoms with Gasteiger partial charge in [-0.3, -0.25) is 9.59 Å². The molecule has 2 aliphatic heterocycles. The Hall–Kier alpha value is -1.75. The molecule has 1 aliphatic carbocycles. The first-order chi connectivity index (χ1) is 12.5. The average molecular weight is 377 g/mol. The summed E-state index contributed by atoms with van der Waals surface area (Å²) in [5.41, 5.74) is 0.251. The molecule has 1 spiro atoms. The number of hydrogen-bond donors (Lipinski definition) is 1. The second-order valence-corrected chi connectivity index (χ2v) is 8.65. The number of carbonyl (C=O) groups is 2. The molecular formula is C20H25ClN2O3. The number of carbonyl (C=O) groups excluding carboxylic acids is 2. The van der Waals surface area contributed by atoms with E-state index in [1.807, 2.05) is 9.80 Å². The van der Waals surface area contributed by atoms with Crippen LogP contribution in [0.15, 0.2) is 18.2 Å². The Bertz CT molecular complexity index is 734. The topological polar surface area (TPSA) is 60.9 Å². The molecular weight excluding hydrogens is 352 g/mol. The number of likely N-dealkylation sites (tertiary alicyclic amines) is 2. The highest BCUT2D eigenvalue weighted by Crippen LogP contribution is 2.41. The molecule has 0 bridgehead atoms. The highest BCUT2D eigenvalue weighted by Gasteiger charge is 2.44. The Morgan fingerprint density at radius 1 is 1.27 bits per heavy atom. The highest BCUT2D eigenvalue weighted by molar-refractivity contribution is 6.31. The van der Waals surface area contributed by atoms with Crippen LogP contribution >= 0.6 is 11.6 Å². The molecule has 0 radical (unpaired) electrons. The molecule has 6 heteroatoms. The number of phenols is 1. The van der Waals surface area contributed by atoms with Gasteiger partial charge in [0.1, 0.15) is 5.75 Å². The molecule has 3 aliphatic rings. The minimum Gasteiger partial charge on any atom is -0.507 e. The first-order valence-corrected chi connectivity index (χ1v) is 9.89. The van der Waals surface area contributed by atoms with Gasteiger partial charge >= 0.3 is 0 Å². The Kier molecular flexibility index (Phi) is 4.59. The first kappa shape index (κ1) is 17.7. The van der Waals surface area contributed by atoms with Gasteiger partial charge in [0.25, 0.3) is 5.91 Å². The molecule has 140 valence electrons. The van der Waals surface area contributed by atoms with Crippen LogP contribution in [0.5, 0.6) is 5.75 Å². The van der Waals surface area contributed by atoms with Gasteiger partial charge < -0.3 is 14.9 Å². The van der Waals surface area contributed by atoms with Crippen molar-refractivity contribution < 1.29 is 14.7 Å². The second-order valence-electron chi connectivity index (χ2n) is 8.21. The van der Waals surface area contributed by atoms with Crippen LogP contribution in [-0.2, 0) is 4.79 Å². The fraction of sp³-hybridized carbons (Fsp3) is 0.600. The fourth-order valence-electron chi connectivity index (χ4n) is 4.45. The van der Waals surface area contributed by atoms with E-state index in [9.17, 15) is 14.7 Å². The lowest BCUT2D eigenvalue weighted by atomic mass is 9.73. The Morgan fingerprint density at radius 2 is 2.08 bits per heavy atom. The van der Waals surface area contributed by atoms with Gasteiger partial charge in [0.2, 0.25) is 5.91 Å². The van der Waals surface area contributed by atoms with E-state index in [1.54, 1.807) is 6.07 Å². The number of piperidine rings is 2. The standard InChI is InChI=1S/C20H25ClN2O3/c21-15-4-5-17(24)16(10-15)19(26)22-9-1-7-20(12-22)8-6-18(25)23(13-20)11-14-2-3-14/h4-5,10,14,24H,1-3,6-9,11-13H2/t20-/m1/s1. The zero-order valence-electron chi connectivity index (χ0n) is 14.9. The Labute approximate surface area is 158 Å². The van der Waals surface area contributed by atoms with E-state index in [-0.39, 0.29) is 28.5 Å². The minimum atomic E-state index is -0.172. The SMILES string of the molecule is O=C1CC[C@@]2(CCCN(C(=O)c3cc(Cl)ccc3O)C2)CN1CC1CC1. The molecule has 2 heterocycles. The van der Waals surface area contributed by atoms with Crippen molar-refractivity contribution in [2.75, 3.05) is 26.2 Å². The van der Waals surface area contributed by atoms with Crippen molar-refractivity contribution in [3.8, 4) is 5.75 Å². The van der Waals surface area contributed by atoms with Crippen LogP contribution in [-0.4, -0.2) is 52.9 Å². The van der Waals surface area contributed by atoms with Gasteiger partial charge in [-0.15, -0.1) is 0 Å². The van der Waals surface area contributed by atoms with Crippen molar-refractivity contribution in [2.45, 2.75) is 38.5 Å². The summed E-state index contributed by atoms with van der Waals surface area (Å²) >= 11 is 6.01. The average Bonchev–Trinajstić information content (AvgIpc) is 3.44. The molecule has 3 fully saturated rings. The number of rotatable bonds is 3. The maximum Gasteiger partial charge on any atom is 0.257 e. The molecule has 0 unspecified atom stereocenters. The third kappa shape index (κ3) is 3.54. The number of hydrogen-bond acceptors (Lipinski definition) is 3. The molecule has 1 aromatic carbocycles. The normalized spacial score (nSPS) is 26.4. The van der Waals surface area contributed by atoms with Gasteiger partial charge in [-0.2, -0.15) is 0 Å². The first-order valence-electron chi connectivity index (χ1n) is 9.51. The molecule has 1 atom stereocenters. The molecule has 1 saturated carbocycles. The maximum absolute atomic E-state index is 13.0. The molecule has 26 heavy (non-hydrogen) atoms. The molecule has 2 amide bonds. The number of benzene rings is 1. The van der Waals surface area contributed by atoms with E-state index >= 15 is 0 Å². The lowest BCUT2D eigenvalue weighted by Gasteiger charge is -2.48. The monoisotopic (exact) mass is 376 g/mol. The van der Waals surface area contributed by atoms with E-state index in [0.717, 1.165) is 32.4 Å². The number of aromatic hydroxyl groups is 1. The van der Waals surface area contributed by atoms with Crippen LogP contribution in [0.1, 0.15) is 48.9 Å². The highest BCUT2D eigenvalue weighted by atomic mass is 35.5. The zero-order valence-corrected chi connectivity index (χ0v) is 15.7. The van der Waals surface area contributed by atoms with Gasteiger partial charge in [0, 0.05) is 43.0 Å². The maximum atomic E-state index is 13.0. The van der Waals surface area contributed by atoms with E-state index in [2.05, 4.69) is 0 Å². The smallest absolute Gasteiger partial charge is 0.257 e. The summed E-state index contributed by atoms with van der Waals surface area (Å²) in [6.45, 7) is 2.96. The van der Waals surface area contributed by atoms with Crippen molar-refractivity contribution in [3.05, 3.63) is 28.8 Å². The van der Waals surface area contributed by atoms with Crippen LogP contribution in [0.4, 0.5) is 0 Å². The van der Waals surface area contributed by atoms with Crippen molar-refractivity contribution in [3.63, 3.8) is 0 Å². The molecule has 1 N–H and O–H groups in total. The van der Waals surface area contributed by atoms with Gasteiger partial charge in [0.15, 0.2) is 0 Å². The summed E-state index contributed by atoms with van der Waals surface area (Å²) in [4.78, 5) is 29.1. The van der Waals surface area contributed by atoms with Crippen LogP contribution in [0.25, 0.3) is 0 Å². The molecule has 4 rings (SSSR count). The van der Waals surface area contributed by atoms with Gasteiger partial charge in [-0.05, 0) is 56.2 Å². The summed E-state index contributed by atoms with van der Waals surface area (Å²) in [7, 11) is 0. The molecule has 5 nitrogen and oxygen atoms in total. The van der Waals surface area contributed by atoms with Crippen LogP contribution in [0, 0.1) is 11.3 Å². The molecule has 0 aromatic heterocycles. The molecule has 2 saturated heterocycles. The quantitative estimate of drug-likeness (QED) is 0.880. The molecule has 1 aromatic rings. The summed E-state index contributed by atoms with van der Waals surface area (Å²) < 4.78 is 0. The van der Waals surface area contributed by atoms with Crippen molar-refractivity contribution in [1.29, 1.82) is 0 Å². The largest absolute Gasteiger partial charge is 0.507 e. The lowest BCUT2D eigenvalue weighted by Crippen LogP contribution is -2.55. The van der Waals surface area contributed by atoms with Crippen molar-refractivity contribution >= 4 is 23.4 Å². The van der Waals surface area contributed by atoms with Gasteiger partial charge in [0.05, 0.1) is 5.56 Å². The summed E-state index contributed by atoms with van der Waals surface area (Å²) in [5.74, 6) is 0.736. The van der Waals surface area contributed by atoms with Crippen LogP contribution in [0.2, 0.25) is 5.02 Å². The van der Waals surface area contributed by atoms with Crippen LogP contribution < -0.4 is 0 Å². The van der Waals surface area contributed by atoms with E-state index < -0.39 is 0 Å². The summed E-state index contributed by atoms with van der Waals surface area (Å²) in [6, 6.07) is 4.57. The van der Waals surface area contributed by atoms with Crippen molar-refractivity contribution in [2.24, 2.45) is 11.3 Å². The summed E-state index contributed by atoms with van der Waals surface area (Å²) in [5, 5.41) is 10.5.